The molecule has 1 fully saturated rings. The van der Waals surface area contributed by atoms with Crippen LogP contribution in [0.15, 0.2) is 60.7 Å². The van der Waals surface area contributed by atoms with Gasteiger partial charge in [0.25, 0.3) is 12.6 Å². The Bertz CT molecular complexity index is 465. The molecular formula is C16H16O4. The third-order valence-electron chi connectivity index (χ3n) is 2.86. The van der Waals surface area contributed by atoms with Gasteiger partial charge < -0.3 is 18.9 Å². The van der Waals surface area contributed by atoms with Crippen molar-refractivity contribution in [1.29, 1.82) is 0 Å². The lowest BCUT2D eigenvalue weighted by atomic mass is 10.3. The molecule has 2 atom stereocenters. The molecule has 2 aromatic carbocycles. The third kappa shape index (κ3) is 3.29. The van der Waals surface area contributed by atoms with Crippen molar-refractivity contribution in [3.05, 3.63) is 60.7 Å². The smallest absolute Gasteiger partial charge is 0.263 e. The van der Waals surface area contributed by atoms with E-state index in [0.717, 1.165) is 11.5 Å². The summed E-state index contributed by atoms with van der Waals surface area (Å²) in [6.07, 6.45) is -1.15. The van der Waals surface area contributed by atoms with E-state index in [2.05, 4.69) is 0 Å². The summed E-state index contributed by atoms with van der Waals surface area (Å²) in [4.78, 5) is 0. The van der Waals surface area contributed by atoms with Crippen LogP contribution in [0.5, 0.6) is 11.5 Å². The quantitative estimate of drug-likeness (QED) is 0.857. The van der Waals surface area contributed by atoms with Crippen LogP contribution >= 0.6 is 0 Å². The van der Waals surface area contributed by atoms with E-state index in [4.69, 9.17) is 18.9 Å². The summed E-state index contributed by atoms with van der Waals surface area (Å²) in [5, 5.41) is 0. The minimum atomic E-state index is -0.577. The average Bonchev–Trinajstić information content (AvgIpc) is 2.51. The van der Waals surface area contributed by atoms with Crippen LogP contribution in [0.4, 0.5) is 0 Å². The van der Waals surface area contributed by atoms with Crippen LogP contribution in [0.2, 0.25) is 0 Å². The van der Waals surface area contributed by atoms with Gasteiger partial charge in [-0.3, -0.25) is 0 Å². The summed E-state index contributed by atoms with van der Waals surface area (Å²) in [6, 6.07) is 19.0. The first-order valence-corrected chi connectivity index (χ1v) is 6.58. The zero-order valence-electron chi connectivity index (χ0n) is 11.0. The van der Waals surface area contributed by atoms with E-state index < -0.39 is 12.6 Å². The van der Waals surface area contributed by atoms with Gasteiger partial charge in [0.2, 0.25) is 0 Å². The summed E-state index contributed by atoms with van der Waals surface area (Å²) >= 11 is 0. The second-order valence-corrected chi connectivity index (χ2v) is 4.34. The van der Waals surface area contributed by atoms with Crippen LogP contribution in [-0.2, 0) is 9.47 Å². The molecule has 104 valence electrons. The Kier molecular flexibility index (Phi) is 4.16. The summed E-state index contributed by atoms with van der Waals surface area (Å²) in [5.41, 5.74) is 0. The number of hydrogen-bond donors (Lipinski definition) is 0. The summed E-state index contributed by atoms with van der Waals surface area (Å²) < 4.78 is 22.7. The predicted molar refractivity (Wildman–Crippen MR) is 73.6 cm³/mol. The second kappa shape index (κ2) is 6.41. The lowest BCUT2D eigenvalue weighted by Gasteiger charge is -2.31. The summed E-state index contributed by atoms with van der Waals surface area (Å²) in [5.74, 6) is 1.45. The Hall–Kier alpha value is -2.04. The molecule has 0 unspecified atom stereocenters. The summed E-state index contributed by atoms with van der Waals surface area (Å²) in [7, 11) is 0. The molecule has 0 spiro atoms. The van der Waals surface area contributed by atoms with Crippen LogP contribution in [-0.4, -0.2) is 25.8 Å². The second-order valence-electron chi connectivity index (χ2n) is 4.34. The maximum atomic E-state index is 5.77. The Balaban J connectivity index is 1.68. The maximum absolute atomic E-state index is 5.77. The monoisotopic (exact) mass is 272 g/mol. The lowest BCUT2D eigenvalue weighted by Crippen LogP contribution is -2.45. The van der Waals surface area contributed by atoms with Crippen LogP contribution in [0, 0.1) is 0 Å². The minimum Gasteiger partial charge on any atom is -0.458 e. The molecule has 1 aliphatic heterocycles. The molecule has 0 radical (unpaired) electrons. The molecule has 0 saturated carbocycles. The Labute approximate surface area is 117 Å². The largest absolute Gasteiger partial charge is 0.458 e. The highest BCUT2D eigenvalue weighted by molar-refractivity contribution is 5.22. The molecule has 0 bridgehead atoms. The fourth-order valence-electron chi connectivity index (χ4n) is 1.93. The van der Waals surface area contributed by atoms with E-state index in [1.807, 2.05) is 60.7 Å². The van der Waals surface area contributed by atoms with Crippen molar-refractivity contribution in [3.63, 3.8) is 0 Å². The van der Waals surface area contributed by atoms with E-state index in [-0.39, 0.29) is 0 Å². The van der Waals surface area contributed by atoms with Crippen molar-refractivity contribution in [2.75, 3.05) is 13.2 Å². The first-order valence-electron chi connectivity index (χ1n) is 6.58. The van der Waals surface area contributed by atoms with Gasteiger partial charge in [-0.25, -0.2) is 0 Å². The van der Waals surface area contributed by atoms with E-state index in [1.54, 1.807) is 0 Å². The fraction of sp³-hybridized carbons (Fsp3) is 0.250. The van der Waals surface area contributed by atoms with Crippen LogP contribution in [0.1, 0.15) is 0 Å². The zero-order chi connectivity index (χ0) is 13.6. The standard InChI is InChI=1S/C16H16O4/c1-3-7-13(8-4-1)19-15-16(18-12-11-17-15)20-14-9-5-2-6-10-14/h1-10,15-16H,11-12H2/t15-,16-/m0/s1. The van der Waals surface area contributed by atoms with Gasteiger partial charge in [0.1, 0.15) is 11.5 Å². The Morgan fingerprint density at radius 1 is 0.650 bits per heavy atom. The van der Waals surface area contributed by atoms with Gasteiger partial charge in [-0.2, -0.15) is 0 Å². The maximum Gasteiger partial charge on any atom is 0.263 e. The summed E-state index contributed by atoms with van der Waals surface area (Å²) in [6.45, 7) is 0.984. The SMILES string of the molecule is c1ccc(O[C@@H]2OCCO[C@H]2Oc2ccccc2)cc1. The van der Waals surface area contributed by atoms with Crippen LogP contribution in [0.25, 0.3) is 0 Å². The molecule has 1 saturated heterocycles. The van der Waals surface area contributed by atoms with Gasteiger partial charge >= 0.3 is 0 Å². The molecule has 1 heterocycles. The third-order valence-corrected chi connectivity index (χ3v) is 2.86. The zero-order valence-corrected chi connectivity index (χ0v) is 11.0. The average molecular weight is 272 g/mol. The molecule has 0 amide bonds. The van der Waals surface area contributed by atoms with Crippen molar-refractivity contribution in [3.8, 4) is 11.5 Å². The molecule has 2 aromatic rings. The number of hydrogen-bond acceptors (Lipinski definition) is 4. The molecule has 4 heteroatoms. The van der Waals surface area contributed by atoms with E-state index >= 15 is 0 Å². The molecule has 4 nitrogen and oxygen atoms in total. The molecule has 1 aliphatic rings. The van der Waals surface area contributed by atoms with Crippen molar-refractivity contribution in [2.45, 2.75) is 12.6 Å². The van der Waals surface area contributed by atoms with E-state index in [1.165, 1.54) is 0 Å². The number of para-hydroxylation sites is 2. The van der Waals surface area contributed by atoms with Gasteiger partial charge in [-0.15, -0.1) is 0 Å². The van der Waals surface area contributed by atoms with Gasteiger partial charge in [-0.05, 0) is 24.3 Å². The number of rotatable bonds is 4. The molecular weight excluding hydrogens is 256 g/mol. The van der Waals surface area contributed by atoms with Crippen molar-refractivity contribution in [2.24, 2.45) is 0 Å². The van der Waals surface area contributed by atoms with Crippen LogP contribution < -0.4 is 9.47 Å². The van der Waals surface area contributed by atoms with Crippen LogP contribution in [0.3, 0.4) is 0 Å². The normalized spacial score (nSPS) is 22.2. The molecule has 0 aromatic heterocycles. The van der Waals surface area contributed by atoms with Gasteiger partial charge in [0.05, 0.1) is 13.2 Å². The van der Waals surface area contributed by atoms with Gasteiger partial charge in [-0.1, -0.05) is 36.4 Å². The van der Waals surface area contributed by atoms with Gasteiger partial charge in [0, 0.05) is 0 Å². The van der Waals surface area contributed by atoms with E-state index in [0.29, 0.717) is 13.2 Å². The predicted octanol–water partition coefficient (Wildman–Crippen LogP) is 2.84. The highest BCUT2D eigenvalue weighted by Crippen LogP contribution is 2.20. The number of benzene rings is 2. The number of ether oxygens (including phenoxy) is 4. The first kappa shape index (κ1) is 13.0. The minimum absolute atomic E-state index is 0.492. The van der Waals surface area contributed by atoms with Gasteiger partial charge in [0.15, 0.2) is 0 Å². The topological polar surface area (TPSA) is 36.9 Å². The molecule has 20 heavy (non-hydrogen) atoms. The van der Waals surface area contributed by atoms with Crippen molar-refractivity contribution in [1.82, 2.24) is 0 Å². The Morgan fingerprint density at radius 3 is 1.45 bits per heavy atom. The lowest BCUT2D eigenvalue weighted by molar-refractivity contribution is -0.271. The molecule has 0 aliphatic carbocycles. The Morgan fingerprint density at radius 2 is 1.05 bits per heavy atom. The van der Waals surface area contributed by atoms with Crippen molar-refractivity contribution >= 4 is 0 Å². The highest BCUT2D eigenvalue weighted by atomic mass is 16.8. The molecule has 3 rings (SSSR count). The molecule has 0 N–H and O–H groups in total. The van der Waals surface area contributed by atoms with E-state index in [9.17, 15) is 0 Å². The first-order chi connectivity index (χ1) is 9.92. The van der Waals surface area contributed by atoms with Crippen molar-refractivity contribution < 1.29 is 18.9 Å². The highest BCUT2D eigenvalue weighted by Gasteiger charge is 2.30. The fourth-order valence-corrected chi connectivity index (χ4v) is 1.93.